The third-order valence-electron chi connectivity index (χ3n) is 2.04. The molecule has 2 aromatic rings. The summed E-state index contributed by atoms with van der Waals surface area (Å²) in [5.74, 6) is 0.525. The summed E-state index contributed by atoms with van der Waals surface area (Å²) in [6.45, 7) is 1.54. The number of anilines is 2. The minimum Gasteiger partial charge on any atom is -0.324 e. The number of carbonyl (C=O) groups is 1. The van der Waals surface area contributed by atoms with Gasteiger partial charge in [0.15, 0.2) is 5.78 Å². The maximum Gasteiger partial charge on any atom is 0.230 e. The van der Waals surface area contributed by atoms with Crippen molar-refractivity contribution in [3.8, 4) is 0 Å². The minimum atomic E-state index is 0.0479. The molecular weight excluding hydrogens is 204 g/mol. The Balaban J connectivity index is 2.14. The first-order chi connectivity index (χ1) is 7.75. The van der Waals surface area contributed by atoms with Crippen molar-refractivity contribution in [3.05, 3.63) is 42.5 Å². The number of carbonyl (C=O) groups excluding carboxylic acids is 1. The van der Waals surface area contributed by atoms with Crippen LogP contribution in [-0.2, 0) is 0 Å². The minimum absolute atomic E-state index is 0.0479. The highest BCUT2D eigenvalue weighted by Gasteiger charge is 1.99. The van der Waals surface area contributed by atoms with E-state index in [-0.39, 0.29) is 5.78 Å². The van der Waals surface area contributed by atoms with Crippen LogP contribution in [0.25, 0.3) is 0 Å². The number of hydrogen-bond acceptors (Lipinski definition) is 5. The molecule has 0 amide bonds. The Morgan fingerprint density at radius 2 is 1.75 bits per heavy atom. The van der Waals surface area contributed by atoms with Crippen molar-refractivity contribution in [1.29, 1.82) is 0 Å². The van der Waals surface area contributed by atoms with Crippen LogP contribution in [0.5, 0.6) is 0 Å². The molecule has 0 bridgehead atoms. The fourth-order valence-electron chi connectivity index (χ4n) is 1.22. The van der Waals surface area contributed by atoms with Crippen LogP contribution in [0.2, 0.25) is 0 Å². The molecule has 5 nitrogen and oxygen atoms in total. The third kappa shape index (κ3) is 2.38. The highest BCUT2D eigenvalue weighted by molar-refractivity contribution is 5.94. The molecule has 1 heterocycles. The zero-order valence-electron chi connectivity index (χ0n) is 8.71. The molecule has 0 fully saturated rings. The highest BCUT2D eigenvalue weighted by Crippen LogP contribution is 2.13. The van der Waals surface area contributed by atoms with E-state index in [4.69, 9.17) is 0 Å². The number of nitrogens with one attached hydrogen (secondary N) is 1. The Hall–Kier alpha value is -2.30. The highest BCUT2D eigenvalue weighted by atomic mass is 16.1. The second kappa shape index (κ2) is 4.48. The number of ketones is 1. The molecule has 0 aliphatic carbocycles. The number of benzene rings is 1. The zero-order valence-corrected chi connectivity index (χ0v) is 8.71. The second-order valence-corrected chi connectivity index (χ2v) is 3.22. The van der Waals surface area contributed by atoms with Gasteiger partial charge in [0.1, 0.15) is 12.7 Å². The molecule has 0 radical (unpaired) electrons. The van der Waals surface area contributed by atoms with E-state index in [1.165, 1.54) is 19.6 Å². The Labute approximate surface area is 92.6 Å². The quantitative estimate of drug-likeness (QED) is 0.789. The molecule has 2 rings (SSSR count). The zero-order chi connectivity index (χ0) is 11.4. The van der Waals surface area contributed by atoms with Gasteiger partial charge < -0.3 is 5.32 Å². The van der Waals surface area contributed by atoms with Crippen molar-refractivity contribution in [2.75, 3.05) is 5.32 Å². The van der Waals surface area contributed by atoms with Gasteiger partial charge in [-0.2, -0.15) is 0 Å². The molecule has 0 unspecified atom stereocenters. The molecule has 1 aromatic carbocycles. The van der Waals surface area contributed by atoms with Gasteiger partial charge in [-0.25, -0.2) is 15.0 Å². The maximum atomic E-state index is 11.1. The summed E-state index contributed by atoms with van der Waals surface area (Å²) in [5, 5.41) is 3.00. The number of hydrogen-bond donors (Lipinski definition) is 1. The normalized spacial score (nSPS) is 9.81. The molecule has 0 saturated carbocycles. The van der Waals surface area contributed by atoms with Gasteiger partial charge in [-0.15, -0.1) is 0 Å². The molecule has 0 atom stereocenters. The molecule has 1 N–H and O–H groups in total. The van der Waals surface area contributed by atoms with Gasteiger partial charge in [-0.3, -0.25) is 4.79 Å². The number of nitrogens with zero attached hydrogens (tertiary/aromatic N) is 3. The first kappa shape index (κ1) is 10.2. The number of Topliss-reactive ketones (excluding diaryl/α,β-unsaturated/α-hetero) is 1. The summed E-state index contributed by atoms with van der Waals surface area (Å²) in [4.78, 5) is 22.6. The van der Waals surface area contributed by atoms with E-state index in [9.17, 15) is 4.79 Å². The van der Waals surface area contributed by atoms with Crippen LogP contribution in [0, 0.1) is 0 Å². The largest absolute Gasteiger partial charge is 0.324 e. The van der Waals surface area contributed by atoms with Crippen molar-refractivity contribution in [3.63, 3.8) is 0 Å². The predicted octanol–water partition coefficient (Wildman–Crippen LogP) is 1.82. The van der Waals surface area contributed by atoms with E-state index in [1.807, 2.05) is 0 Å². The van der Waals surface area contributed by atoms with Gasteiger partial charge in [-0.05, 0) is 31.2 Å². The number of rotatable bonds is 3. The van der Waals surface area contributed by atoms with Crippen LogP contribution in [-0.4, -0.2) is 20.7 Å². The number of aromatic nitrogens is 3. The second-order valence-electron chi connectivity index (χ2n) is 3.22. The molecule has 1 aromatic heterocycles. The monoisotopic (exact) mass is 214 g/mol. The van der Waals surface area contributed by atoms with Crippen molar-refractivity contribution in [1.82, 2.24) is 15.0 Å². The summed E-state index contributed by atoms with van der Waals surface area (Å²) in [7, 11) is 0. The van der Waals surface area contributed by atoms with Gasteiger partial charge in [0.05, 0.1) is 0 Å². The van der Waals surface area contributed by atoms with Crippen LogP contribution in [0.3, 0.4) is 0 Å². The summed E-state index contributed by atoms with van der Waals surface area (Å²) < 4.78 is 0. The average Bonchev–Trinajstić information content (AvgIpc) is 2.31. The van der Waals surface area contributed by atoms with Crippen molar-refractivity contribution in [2.24, 2.45) is 0 Å². The smallest absolute Gasteiger partial charge is 0.230 e. The molecule has 0 aliphatic rings. The van der Waals surface area contributed by atoms with Crippen LogP contribution in [0.15, 0.2) is 36.9 Å². The molecule has 0 spiro atoms. The molecule has 0 saturated heterocycles. The van der Waals surface area contributed by atoms with Crippen molar-refractivity contribution < 1.29 is 4.79 Å². The van der Waals surface area contributed by atoms with E-state index in [1.54, 1.807) is 24.3 Å². The Morgan fingerprint density at radius 3 is 2.31 bits per heavy atom. The molecule has 80 valence electrons. The van der Waals surface area contributed by atoms with Gasteiger partial charge in [-0.1, -0.05) is 0 Å². The summed E-state index contributed by atoms with van der Waals surface area (Å²) in [5.41, 5.74) is 1.51. The van der Waals surface area contributed by atoms with Crippen LogP contribution in [0.1, 0.15) is 17.3 Å². The lowest BCUT2D eigenvalue weighted by Gasteiger charge is -2.03. The summed E-state index contributed by atoms with van der Waals surface area (Å²) in [6, 6.07) is 7.12. The predicted molar refractivity (Wildman–Crippen MR) is 59.6 cm³/mol. The molecule has 0 aliphatic heterocycles. The lowest BCUT2D eigenvalue weighted by Crippen LogP contribution is -1.97. The average molecular weight is 214 g/mol. The first-order valence-corrected chi connectivity index (χ1v) is 4.76. The Morgan fingerprint density at radius 1 is 1.12 bits per heavy atom. The molecular formula is C11H10N4O. The lowest BCUT2D eigenvalue weighted by molar-refractivity contribution is 0.101. The SMILES string of the molecule is CC(=O)c1ccc(Nc2ncncn2)cc1. The summed E-state index contributed by atoms with van der Waals surface area (Å²) in [6.07, 6.45) is 2.83. The molecule has 16 heavy (non-hydrogen) atoms. The van der Waals surface area contributed by atoms with E-state index in [0.717, 1.165) is 5.69 Å². The third-order valence-corrected chi connectivity index (χ3v) is 2.04. The van der Waals surface area contributed by atoms with Gasteiger partial charge >= 0.3 is 0 Å². The Bertz CT molecular complexity index is 481. The standard InChI is InChI=1S/C11H10N4O/c1-8(16)9-2-4-10(5-3-9)15-11-13-6-12-7-14-11/h2-7H,1H3,(H,12,13,14,15). The maximum absolute atomic E-state index is 11.1. The van der Waals surface area contributed by atoms with E-state index >= 15 is 0 Å². The molecule has 5 heteroatoms. The van der Waals surface area contributed by atoms with Crippen LogP contribution in [0.4, 0.5) is 11.6 Å². The van der Waals surface area contributed by atoms with E-state index in [0.29, 0.717) is 11.5 Å². The van der Waals surface area contributed by atoms with E-state index in [2.05, 4.69) is 20.3 Å². The fraction of sp³-hybridized carbons (Fsp3) is 0.0909. The Kier molecular flexibility index (Phi) is 2.86. The van der Waals surface area contributed by atoms with E-state index < -0.39 is 0 Å². The lowest BCUT2D eigenvalue weighted by atomic mass is 10.1. The summed E-state index contributed by atoms with van der Waals surface area (Å²) >= 11 is 0. The van der Waals surface area contributed by atoms with Crippen molar-refractivity contribution in [2.45, 2.75) is 6.92 Å². The van der Waals surface area contributed by atoms with Crippen LogP contribution < -0.4 is 5.32 Å². The fourth-order valence-corrected chi connectivity index (χ4v) is 1.22. The topological polar surface area (TPSA) is 67.8 Å². The first-order valence-electron chi connectivity index (χ1n) is 4.76. The van der Waals surface area contributed by atoms with Gasteiger partial charge in [0.25, 0.3) is 0 Å². The van der Waals surface area contributed by atoms with Crippen molar-refractivity contribution >= 4 is 17.4 Å². The van der Waals surface area contributed by atoms with Gasteiger partial charge in [0.2, 0.25) is 5.95 Å². The van der Waals surface area contributed by atoms with Crippen LogP contribution >= 0.6 is 0 Å². The van der Waals surface area contributed by atoms with Gasteiger partial charge in [0, 0.05) is 11.3 Å².